The highest BCUT2D eigenvalue weighted by molar-refractivity contribution is 7.10. The van der Waals surface area contributed by atoms with Gasteiger partial charge in [-0.2, -0.15) is 5.10 Å². The maximum Gasteiger partial charge on any atom is 0.309 e. The predicted octanol–water partition coefficient (Wildman–Crippen LogP) is 2.62. The third kappa shape index (κ3) is 4.50. The van der Waals surface area contributed by atoms with E-state index < -0.39 is 11.8 Å². The van der Waals surface area contributed by atoms with Crippen molar-refractivity contribution in [1.82, 2.24) is 20.4 Å². The summed E-state index contributed by atoms with van der Waals surface area (Å²) in [5, 5.41) is 12.0. The molecular weight excluding hydrogens is 372 g/mol. The third-order valence-electron chi connectivity index (χ3n) is 3.78. The number of benzene rings is 1. The van der Waals surface area contributed by atoms with Crippen LogP contribution < -0.4 is 10.6 Å². The molecule has 0 aliphatic carbocycles. The maximum absolute atomic E-state index is 12.1. The lowest BCUT2D eigenvalue weighted by molar-refractivity contribution is -0.139. The molecule has 26 heavy (non-hydrogen) atoms. The summed E-state index contributed by atoms with van der Waals surface area (Å²) in [7, 11) is 0. The van der Waals surface area contributed by atoms with E-state index in [1.54, 1.807) is 40.4 Å². The van der Waals surface area contributed by atoms with Gasteiger partial charge in [-0.3, -0.25) is 14.3 Å². The molecule has 0 saturated carbocycles. The van der Waals surface area contributed by atoms with E-state index in [-0.39, 0.29) is 19.1 Å². The molecule has 0 aliphatic rings. The van der Waals surface area contributed by atoms with Crippen LogP contribution in [0.4, 0.5) is 0 Å². The van der Waals surface area contributed by atoms with E-state index in [0.717, 1.165) is 10.4 Å². The zero-order valence-electron chi connectivity index (χ0n) is 13.8. The van der Waals surface area contributed by atoms with Crippen LogP contribution in [0.2, 0.25) is 5.02 Å². The molecule has 3 rings (SSSR count). The quantitative estimate of drug-likeness (QED) is 0.637. The molecule has 2 amide bonds. The van der Waals surface area contributed by atoms with E-state index in [0.29, 0.717) is 5.02 Å². The van der Waals surface area contributed by atoms with Crippen molar-refractivity contribution in [2.24, 2.45) is 0 Å². The molecule has 134 valence electrons. The maximum atomic E-state index is 12.1. The molecule has 0 aliphatic heterocycles. The first-order valence-electron chi connectivity index (χ1n) is 7.97. The lowest BCUT2D eigenvalue weighted by Gasteiger charge is -2.17. The largest absolute Gasteiger partial charge is 0.345 e. The second-order valence-corrected chi connectivity index (χ2v) is 6.89. The van der Waals surface area contributed by atoms with E-state index in [1.807, 2.05) is 35.8 Å². The fourth-order valence-electron chi connectivity index (χ4n) is 2.44. The molecule has 1 aromatic carbocycles. The summed E-state index contributed by atoms with van der Waals surface area (Å²) in [4.78, 5) is 25.2. The van der Waals surface area contributed by atoms with Crippen LogP contribution in [-0.2, 0) is 16.1 Å². The van der Waals surface area contributed by atoms with Gasteiger partial charge in [-0.1, -0.05) is 35.9 Å². The Kier molecular flexibility index (Phi) is 6.04. The molecule has 8 heteroatoms. The van der Waals surface area contributed by atoms with E-state index in [2.05, 4.69) is 15.7 Å². The summed E-state index contributed by atoms with van der Waals surface area (Å²) in [5.41, 5.74) is 0.753. The highest BCUT2D eigenvalue weighted by Gasteiger charge is 2.19. The minimum absolute atomic E-state index is 0.162. The van der Waals surface area contributed by atoms with Crippen LogP contribution in [0.1, 0.15) is 16.5 Å². The lowest BCUT2D eigenvalue weighted by Crippen LogP contribution is -2.41. The van der Waals surface area contributed by atoms with Gasteiger partial charge in [0.2, 0.25) is 0 Å². The smallest absolute Gasteiger partial charge is 0.309 e. The van der Waals surface area contributed by atoms with Crippen LogP contribution >= 0.6 is 22.9 Å². The number of aromatic nitrogens is 2. The molecule has 0 fully saturated rings. The van der Waals surface area contributed by atoms with Crippen molar-refractivity contribution in [2.75, 3.05) is 6.54 Å². The molecular formula is C18H17ClN4O2S. The number of nitrogens with one attached hydrogen (secondary N) is 2. The summed E-state index contributed by atoms with van der Waals surface area (Å²) in [5.74, 6) is -1.39. The second kappa shape index (κ2) is 8.64. The van der Waals surface area contributed by atoms with Crippen molar-refractivity contribution in [2.45, 2.75) is 12.6 Å². The molecule has 0 radical (unpaired) electrons. The van der Waals surface area contributed by atoms with Crippen LogP contribution in [0.3, 0.4) is 0 Å². The predicted molar refractivity (Wildman–Crippen MR) is 101 cm³/mol. The van der Waals surface area contributed by atoms with Crippen molar-refractivity contribution in [3.63, 3.8) is 0 Å². The second-order valence-electron chi connectivity index (χ2n) is 5.50. The Morgan fingerprint density at radius 2 is 1.92 bits per heavy atom. The monoisotopic (exact) mass is 388 g/mol. The van der Waals surface area contributed by atoms with E-state index in [9.17, 15) is 9.59 Å². The number of nitrogens with zero attached hydrogens (tertiary/aromatic N) is 2. The zero-order chi connectivity index (χ0) is 18.4. The Morgan fingerprint density at radius 1 is 1.12 bits per heavy atom. The van der Waals surface area contributed by atoms with Crippen LogP contribution in [-0.4, -0.2) is 28.1 Å². The Hall–Kier alpha value is -2.64. The van der Waals surface area contributed by atoms with Gasteiger partial charge in [0.1, 0.15) is 6.04 Å². The van der Waals surface area contributed by atoms with Crippen LogP contribution in [0.15, 0.2) is 60.2 Å². The molecule has 1 unspecified atom stereocenters. The first kappa shape index (κ1) is 18.2. The Balaban J connectivity index is 1.56. The summed E-state index contributed by atoms with van der Waals surface area (Å²) < 4.78 is 1.76. The van der Waals surface area contributed by atoms with Crippen LogP contribution in [0.5, 0.6) is 0 Å². The van der Waals surface area contributed by atoms with Crippen molar-refractivity contribution < 1.29 is 9.59 Å². The van der Waals surface area contributed by atoms with Gasteiger partial charge in [-0.15, -0.1) is 11.3 Å². The highest BCUT2D eigenvalue weighted by atomic mass is 35.5. The molecule has 3 aromatic rings. The molecule has 0 bridgehead atoms. The first-order valence-corrected chi connectivity index (χ1v) is 9.23. The number of carbonyl (C=O) groups excluding carboxylic acids is 2. The Bertz CT molecular complexity index is 831. The summed E-state index contributed by atoms with van der Waals surface area (Å²) in [6, 6.07) is 12.7. The molecule has 0 spiro atoms. The van der Waals surface area contributed by atoms with Gasteiger partial charge in [-0.25, -0.2) is 0 Å². The van der Waals surface area contributed by atoms with Crippen molar-refractivity contribution in [1.29, 1.82) is 0 Å². The van der Waals surface area contributed by atoms with Gasteiger partial charge in [0.05, 0.1) is 0 Å². The molecule has 0 saturated heterocycles. The van der Waals surface area contributed by atoms with Gasteiger partial charge in [0.15, 0.2) is 0 Å². The number of rotatable bonds is 6. The third-order valence-corrected chi connectivity index (χ3v) is 5.12. The molecule has 6 nitrogen and oxygen atoms in total. The fourth-order valence-corrected chi connectivity index (χ4v) is 3.46. The first-order chi connectivity index (χ1) is 12.6. The van der Waals surface area contributed by atoms with Crippen molar-refractivity contribution >= 4 is 34.8 Å². The zero-order valence-corrected chi connectivity index (χ0v) is 15.3. The fraction of sp³-hybridized carbons (Fsp3) is 0.167. The average Bonchev–Trinajstić information content (AvgIpc) is 3.35. The van der Waals surface area contributed by atoms with E-state index >= 15 is 0 Å². The van der Waals surface area contributed by atoms with Crippen molar-refractivity contribution in [3.8, 4) is 0 Å². The van der Waals surface area contributed by atoms with Crippen molar-refractivity contribution in [3.05, 3.63) is 75.7 Å². The number of halogens is 1. The van der Waals surface area contributed by atoms with E-state index in [4.69, 9.17) is 11.6 Å². The Morgan fingerprint density at radius 3 is 2.62 bits per heavy atom. The summed E-state index contributed by atoms with van der Waals surface area (Å²) >= 11 is 7.61. The van der Waals surface area contributed by atoms with Gasteiger partial charge < -0.3 is 10.6 Å². The van der Waals surface area contributed by atoms with Gasteiger partial charge >= 0.3 is 11.8 Å². The number of amides is 2. The van der Waals surface area contributed by atoms with Gasteiger partial charge in [-0.05, 0) is 29.1 Å². The van der Waals surface area contributed by atoms with Gasteiger partial charge in [0.25, 0.3) is 0 Å². The van der Waals surface area contributed by atoms with Crippen LogP contribution in [0, 0.1) is 0 Å². The normalized spacial score (nSPS) is 11.7. The molecule has 2 aromatic heterocycles. The summed E-state index contributed by atoms with van der Waals surface area (Å²) in [6.45, 7) is 0.458. The van der Waals surface area contributed by atoms with Crippen LogP contribution in [0.25, 0.3) is 0 Å². The Labute approximate surface area is 159 Å². The molecule has 1 atom stereocenters. The minimum Gasteiger partial charge on any atom is -0.345 e. The average molecular weight is 389 g/mol. The highest BCUT2D eigenvalue weighted by Crippen LogP contribution is 2.21. The standard InChI is InChI=1S/C18H17ClN4O2S/c19-14-6-2-1-5-13(14)11-20-17(24)18(25)21-12-15(16-7-3-10-26-16)23-9-4-8-22-23/h1-10,15H,11-12H2,(H,20,24)(H,21,25). The number of carbonyl (C=O) groups is 2. The topological polar surface area (TPSA) is 76.0 Å². The number of hydrogen-bond donors (Lipinski definition) is 2. The molecule has 2 heterocycles. The van der Waals surface area contributed by atoms with E-state index in [1.165, 1.54) is 0 Å². The SMILES string of the molecule is O=C(NCc1ccccc1Cl)C(=O)NCC(c1cccs1)n1cccn1. The summed E-state index contributed by atoms with van der Waals surface area (Å²) in [6.07, 6.45) is 3.51. The lowest BCUT2D eigenvalue weighted by atomic mass is 10.2. The molecule has 2 N–H and O–H groups in total. The number of hydrogen-bond acceptors (Lipinski definition) is 4. The van der Waals surface area contributed by atoms with Gasteiger partial charge in [0, 0.05) is 35.4 Å². The number of thiophene rings is 1. The minimum atomic E-state index is -0.699.